The van der Waals surface area contributed by atoms with Gasteiger partial charge in [0.05, 0.1) is 5.92 Å². The van der Waals surface area contributed by atoms with Crippen LogP contribution >= 0.6 is 0 Å². The van der Waals surface area contributed by atoms with E-state index < -0.39 is 5.97 Å². The lowest BCUT2D eigenvalue weighted by molar-refractivity contribution is -0.139. The molecule has 10 heavy (non-hydrogen) atoms. The predicted octanol–water partition coefficient (Wildman–Crippen LogP) is 1.59. The first-order chi connectivity index (χ1) is 4.80. The van der Waals surface area contributed by atoms with Crippen molar-refractivity contribution in [2.24, 2.45) is 5.92 Å². The Labute approximate surface area is 59.9 Å². The van der Waals surface area contributed by atoms with Crippen LogP contribution in [-0.2, 0) is 4.79 Å². The molecule has 0 amide bonds. The number of allylic oxidation sites excluding steroid dienone is 3. The van der Waals surface area contributed by atoms with Gasteiger partial charge in [-0.3, -0.25) is 4.79 Å². The van der Waals surface area contributed by atoms with E-state index >= 15 is 0 Å². The van der Waals surface area contributed by atoms with E-state index in [-0.39, 0.29) is 5.92 Å². The summed E-state index contributed by atoms with van der Waals surface area (Å²) in [6.45, 7) is 0. The second kappa shape index (κ2) is 3.20. The number of hydrogen-bond donors (Lipinski definition) is 1. The summed E-state index contributed by atoms with van der Waals surface area (Å²) in [5, 5.41) is 8.58. The lowest BCUT2D eigenvalue weighted by atomic mass is 10.1. The average Bonchev–Trinajstić information content (AvgIpc) is 2.12. The molecule has 0 fully saturated rings. The van der Waals surface area contributed by atoms with Crippen LogP contribution in [0.5, 0.6) is 0 Å². The van der Waals surface area contributed by atoms with Gasteiger partial charge in [-0.25, -0.2) is 0 Å². The molecule has 1 aliphatic rings. The van der Waals surface area contributed by atoms with Crippen LogP contribution in [-0.4, -0.2) is 11.1 Å². The highest BCUT2D eigenvalue weighted by atomic mass is 16.4. The predicted molar refractivity (Wildman–Crippen MR) is 38.6 cm³/mol. The van der Waals surface area contributed by atoms with Gasteiger partial charge in [-0.2, -0.15) is 0 Å². The summed E-state index contributed by atoms with van der Waals surface area (Å²) >= 11 is 0. The second-order valence-electron chi connectivity index (χ2n) is 2.32. The molecule has 0 aromatic rings. The van der Waals surface area contributed by atoms with Crippen LogP contribution in [0.1, 0.15) is 12.8 Å². The van der Waals surface area contributed by atoms with Crippen LogP contribution in [0.15, 0.2) is 24.3 Å². The third-order valence-electron chi connectivity index (χ3n) is 1.51. The van der Waals surface area contributed by atoms with E-state index in [0.29, 0.717) is 6.42 Å². The first kappa shape index (κ1) is 7.06. The normalized spacial score (nSPS) is 24.2. The second-order valence-corrected chi connectivity index (χ2v) is 2.32. The summed E-state index contributed by atoms with van der Waals surface area (Å²) in [7, 11) is 0. The summed E-state index contributed by atoms with van der Waals surface area (Å²) in [6.07, 6.45) is 9.04. The number of aliphatic carboxylic acids is 1. The topological polar surface area (TPSA) is 37.3 Å². The smallest absolute Gasteiger partial charge is 0.310 e. The zero-order chi connectivity index (χ0) is 7.40. The lowest BCUT2D eigenvalue weighted by Crippen LogP contribution is -2.08. The van der Waals surface area contributed by atoms with E-state index in [1.807, 2.05) is 18.2 Å². The van der Waals surface area contributed by atoms with Gasteiger partial charge in [-0.05, 0) is 12.8 Å². The maximum absolute atomic E-state index is 10.4. The van der Waals surface area contributed by atoms with Crippen molar-refractivity contribution in [2.45, 2.75) is 12.8 Å². The molecule has 0 saturated heterocycles. The molecule has 1 atom stereocenters. The van der Waals surface area contributed by atoms with Gasteiger partial charge in [-0.1, -0.05) is 24.3 Å². The number of rotatable bonds is 1. The standard InChI is InChI=1S/C8H10O2/c9-8(10)7-5-3-1-2-4-6-7/h1,3-4,6-7H,2,5H2,(H,9,10). The van der Waals surface area contributed by atoms with Crippen molar-refractivity contribution in [3.8, 4) is 0 Å². The van der Waals surface area contributed by atoms with Crippen LogP contribution in [0.3, 0.4) is 0 Å². The van der Waals surface area contributed by atoms with Gasteiger partial charge in [0.25, 0.3) is 0 Å². The van der Waals surface area contributed by atoms with Crippen molar-refractivity contribution in [1.82, 2.24) is 0 Å². The Bertz CT molecular complexity index is 180. The van der Waals surface area contributed by atoms with Gasteiger partial charge >= 0.3 is 5.97 Å². The van der Waals surface area contributed by atoms with Crippen molar-refractivity contribution < 1.29 is 9.90 Å². The van der Waals surface area contributed by atoms with Crippen molar-refractivity contribution in [3.05, 3.63) is 24.3 Å². The van der Waals surface area contributed by atoms with E-state index in [9.17, 15) is 4.79 Å². The van der Waals surface area contributed by atoms with Gasteiger partial charge in [0, 0.05) is 0 Å². The molecule has 0 aliphatic heterocycles. The van der Waals surface area contributed by atoms with E-state index in [1.54, 1.807) is 6.08 Å². The Kier molecular flexibility index (Phi) is 2.26. The first-order valence-corrected chi connectivity index (χ1v) is 3.35. The Morgan fingerprint density at radius 2 is 2.20 bits per heavy atom. The number of hydrogen-bond acceptors (Lipinski definition) is 1. The summed E-state index contributed by atoms with van der Waals surface area (Å²) in [4.78, 5) is 10.4. The average molecular weight is 138 g/mol. The van der Waals surface area contributed by atoms with Crippen LogP contribution in [0, 0.1) is 5.92 Å². The minimum atomic E-state index is -0.734. The molecular formula is C8H10O2. The van der Waals surface area contributed by atoms with Crippen molar-refractivity contribution >= 4 is 5.97 Å². The molecule has 54 valence electrons. The maximum Gasteiger partial charge on any atom is 0.310 e. The molecule has 1 aliphatic carbocycles. The Morgan fingerprint density at radius 1 is 1.40 bits per heavy atom. The highest BCUT2D eigenvalue weighted by Gasteiger charge is 2.11. The summed E-state index contributed by atoms with van der Waals surface area (Å²) in [6, 6.07) is 0. The molecular weight excluding hydrogens is 128 g/mol. The van der Waals surface area contributed by atoms with Gasteiger partial charge < -0.3 is 5.11 Å². The highest BCUT2D eigenvalue weighted by molar-refractivity contribution is 5.72. The van der Waals surface area contributed by atoms with Crippen molar-refractivity contribution in [1.29, 1.82) is 0 Å². The van der Waals surface area contributed by atoms with Gasteiger partial charge in [0.1, 0.15) is 0 Å². The fraction of sp³-hybridized carbons (Fsp3) is 0.375. The minimum absolute atomic E-state index is 0.307. The van der Waals surface area contributed by atoms with E-state index in [0.717, 1.165) is 6.42 Å². The van der Waals surface area contributed by atoms with Gasteiger partial charge in [0.15, 0.2) is 0 Å². The zero-order valence-electron chi connectivity index (χ0n) is 5.66. The SMILES string of the molecule is O=C(O)C1C=CCC=CC1. The molecule has 0 saturated carbocycles. The molecule has 0 heterocycles. The third kappa shape index (κ3) is 1.72. The molecule has 0 bridgehead atoms. The number of carboxylic acids is 1. The summed E-state index contributed by atoms with van der Waals surface area (Å²) < 4.78 is 0. The molecule has 0 aromatic heterocycles. The molecule has 0 aromatic carbocycles. The van der Waals surface area contributed by atoms with E-state index in [4.69, 9.17) is 5.11 Å². The quantitative estimate of drug-likeness (QED) is 0.559. The zero-order valence-corrected chi connectivity index (χ0v) is 5.66. The van der Waals surface area contributed by atoms with Crippen molar-refractivity contribution in [2.75, 3.05) is 0 Å². The van der Waals surface area contributed by atoms with Gasteiger partial charge in [-0.15, -0.1) is 0 Å². The lowest BCUT2D eigenvalue weighted by Gasteiger charge is -1.99. The largest absolute Gasteiger partial charge is 0.481 e. The monoisotopic (exact) mass is 138 g/mol. The number of carbonyl (C=O) groups is 1. The molecule has 2 heteroatoms. The van der Waals surface area contributed by atoms with Crippen LogP contribution < -0.4 is 0 Å². The van der Waals surface area contributed by atoms with Crippen molar-refractivity contribution in [3.63, 3.8) is 0 Å². The summed E-state index contributed by atoms with van der Waals surface area (Å²) in [5.74, 6) is -1.04. The molecule has 1 unspecified atom stereocenters. The Morgan fingerprint density at radius 3 is 2.90 bits per heavy atom. The van der Waals surface area contributed by atoms with Crippen LogP contribution in [0.2, 0.25) is 0 Å². The van der Waals surface area contributed by atoms with Crippen LogP contribution in [0.4, 0.5) is 0 Å². The fourth-order valence-corrected chi connectivity index (χ4v) is 0.922. The maximum atomic E-state index is 10.4. The van der Waals surface area contributed by atoms with E-state index in [1.165, 1.54) is 0 Å². The molecule has 1 rings (SSSR count). The number of carboxylic acid groups (broad SMARTS) is 1. The van der Waals surface area contributed by atoms with Crippen LogP contribution in [0.25, 0.3) is 0 Å². The molecule has 1 N–H and O–H groups in total. The molecule has 0 spiro atoms. The third-order valence-corrected chi connectivity index (χ3v) is 1.51. The molecule has 2 nitrogen and oxygen atoms in total. The highest BCUT2D eigenvalue weighted by Crippen LogP contribution is 2.10. The fourth-order valence-electron chi connectivity index (χ4n) is 0.922. The first-order valence-electron chi connectivity index (χ1n) is 3.35. The molecule has 0 radical (unpaired) electrons. The van der Waals surface area contributed by atoms with Gasteiger partial charge in [0.2, 0.25) is 0 Å². The Hall–Kier alpha value is -1.05. The summed E-state index contributed by atoms with van der Waals surface area (Å²) in [5.41, 5.74) is 0. The van der Waals surface area contributed by atoms with E-state index in [2.05, 4.69) is 0 Å². The minimum Gasteiger partial charge on any atom is -0.481 e. The Balaban J connectivity index is 2.60.